The van der Waals surface area contributed by atoms with Crippen molar-refractivity contribution in [3.63, 3.8) is 0 Å². The smallest absolute Gasteiger partial charge is 0.265 e. The molecule has 1 aliphatic heterocycles. The van der Waals surface area contributed by atoms with Crippen molar-refractivity contribution in [2.45, 2.75) is 31.8 Å². The number of anilines is 1. The maximum Gasteiger partial charge on any atom is 0.265 e. The number of carbonyl (C=O) groups is 1. The fraction of sp³-hybridized carbons (Fsp3) is 0.500. The molecular weight excluding hydrogens is 326 g/mol. The number of β-amino-alcohol motifs (C(OH)–C–C–N with tert-alkyl or cyclic N) is 1. The number of amides is 1. The van der Waals surface area contributed by atoms with Gasteiger partial charge in [-0.15, -0.1) is 5.10 Å². The molecule has 1 saturated heterocycles. The first-order valence-electron chi connectivity index (χ1n) is 8.09. The monoisotopic (exact) mass is 347 g/mol. The van der Waals surface area contributed by atoms with Gasteiger partial charge in [-0.2, -0.15) is 0 Å². The Kier molecular flexibility index (Phi) is 5.06. The van der Waals surface area contributed by atoms with Crippen LogP contribution in [0.3, 0.4) is 0 Å². The maximum absolute atomic E-state index is 12.3. The zero-order chi connectivity index (χ0) is 17.0. The van der Waals surface area contributed by atoms with E-state index in [1.165, 1.54) is 0 Å². The van der Waals surface area contributed by atoms with Crippen LogP contribution < -0.4 is 10.2 Å². The fourth-order valence-corrected chi connectivity index (χ4v) is 3.47. The summed E-state index contributed by atoms with van der Waals surface area (Å²) in [5.74, 6) is 0.634. The molecule has 24 heavy (non-hydrogen) atoms. The first-order valence-corrected chi connectivity index (χ1v) is 8.86. The average molecular weight is 347 g/mol. The van der Waals surface area contributed by atoms with Crippen molar-refractivity contribution in [2.24, 2.45) is 0 Å². The lowest BCUT2D eigenvalue weighted by Crippen LogP contribution is -2.45. The van der Waals surface area contributed by atoms with E-state index in [1.54, 1.807) is 6.20 Å². The summed E-state index contributed by atoms with van der Waals surface area (Å²) in [6.45, 7) is 3.41. The maximum atomic E-state index is 12.3. The number of aryl methyl sites for hydroxylation is 1. The van der Waals surface area contributed by atoms with E-state index in [0.29, 0.717) is 24.4 Å². The van der Waals surface area contributed by atoms with E-state index in [2.05, 4.69) is 19.9 Å². The molecule has 3 heterocycles. The van der Waals surface area contributed by atoms with Crippen molar-refractivity contribution in [3.05, 3.63) is 35.0 Å². The summed E-state index contributed by atoms with van der Waals surface area (Å²) >= 11 is 1.10. The van der Waals surface area contributed by atoms with E-state index < -0.39 is 5.60 Å². The minimum atomic E-state index is -0.948. The number of aromatic nitrogens is 3. The zero-order valence-corrected chi connectivity index (χ0v) is 14.4. The van der Waals surface area contributed by atoms with Crippen LogP contribution in [0.15, 0.2) is 24.4 Å². The fourth-order valence-electron chi connectivity index (χ4n) is 2.84. The SMILES string of the molecule is CCCc1nnsc1C(=O)NC[C@]1(O)CCN(c2ccccn2)C1. The second-order valence-corrected chi connectivity index (χ2v) is 6.82. The number of hydrogen-bond donors (Lipinski definition) is 2. The number of pyridine rings is 1. The normalized spacial score (nSPS) is 20.3. The highest BCUT2D eigenvalue weighted by atomic mass is 32.1. The van der Waals surface area contributed by atoms with E-state index in [1.807, 2.05) is 30.0 Å². The number of hydrogen-bond acceptors (Lipinski definition) is 7. The van der Waals surface area contributed by atoms with E-state index >= 15 is 0 Å². The molecule has 8 heteroatoms. The Morgan fingerprint density at radius 1 is 1.50 bits per heavy atom. The van der Waals surface area contributed by atoms with Gasteiger partial charge in [0.05, 0.1) is 5.69 Å². The van der Waals surface area contributed by atoms with Gasteiger partial charge in [0.2, 0.25) is 0 Å². The third-order valence-electron chi connectivity index (χ3n) is 4.13. The molecule has 0 aliphatic carbocycles. The van der Waals surface area contributed by atoms with Gasteiger partial charge in [0.15, 0.2) is 0 Å². The summed E-state index contributed by atoms with van der Waals surface area (Å²) in [7, 11) is 0. The van der Waals surface area contributed by atoms with Gasteiger partial charge in [-0.3, -0.25) is 4.79 Å². The standard InChI is InChI=1S/C16H21N5O2S/c1-2-5-12-14(24-20-19-12)15(22)18-10-16(23)7-9-21(11-16)13-6-3-4-8-17-13/h3-4,6,8,23H,2,5,7,9-11H2,1H3,(H,18,22)/t16-/m1/s1. The van der Waals surface area contributed by atoms with Crippen LogP contribution in [0.2, 0.25) is 0 Å². The molecule has 0 aromatic carbocycles. The Morgan fingerprint density at radius 3 is 3.12 bits per heavy atom. The van der Waals surface area contributed by atoms with Crippen LogP contribution in [0.1, 0.15) is 35.1 Å². The molecule has 1 amide bonds. The summed E-state index contributed by atoms with van der Waals surface area (Å²) in [6.07, 6.45) is 3.97. The van der Waals surface area contributed by atoms with Gasteiger partial charge in [-0.25, -0.2) is 4.98 Å². The largest absolute Gasteiger partial charge is 0.386 e. The van der Waals surface area contributed by atoms with Gasteiger partial charge < -0.3 is 15.3 Å². The highest BCUT2D eigenvalue weighted by molar-refractivity contribution is 7.08. The van der Waals surface area contributed by atoms with Gasteiger partial charge in [0.25, 0.3) is 5.91 Å². The summed E-state index contributed by atoms with van der Waals surface area (Å²) in [5.41, 5.74) is -0.218. The average Bonchev–Trinajstić information content (AvgIpc) is 3.21. The molecule has 3 rings (SSSR count). The Bertz CT molecular complexity index is 693. The molecule has 2 aromatic heterocycles. The molecule has 1 fully saturated rings. The quantitative estimate of drug-likeness (QED) is 0.817. The number of nitrogens with zero attached hydrogens (tertiary/aromatic N) is 4. The van der Waals surface area contributed by atoms with Gasteiger partial charge in [-0.05, 0) is 36.5 Å². The summed E-state index contributed by atoms with van der Waals surface area (Å²) in [6, 6.07) is 5.71. The Balaban J connectivity index is 1.58. The molecule has 0 unspecified atom stereocenters. The van der Waals surface area contributed by atoms with Crippen LogP contribution in [0, 0.1) is 0 Å². The van der Waals surface area contributed by atoms with E-state index in [4.69, 9.17) is 0 Å². The third-order valence-corrected chi connectivity index (χ3v) is 4.90. The molecule has 7 nitrogen and oxygen atoms in total. The zero-order valence-electron chi connectivity index (χ0n) is 13.6. The highest BCUT2D eigenvalue weighted by Gasteiger charge is 2.37. The first-order chi connectivity index (χ1) is 11.6. The summed E-state index contributed by atoms with van der Waals surface area (Å²) in [4.78, 5) is 19.2. The van der Waals surface area contributed by atoms with Gasteiger partial charge in [-0.1, -0.05) is 23.9 Å². The van der Waals surface area contributed by atoms with Crippen molar-refractivity contribution < 1.29 is 9.90 Å². The first kappa shape index (κ1) is 16.8. The highest BCUT2D eigenvalue weighted by Crippen LogP contribution is 2.25. The molecule has 0 bridgehead atoms. The van der Waals surface area contributed by atoms with E-state index in [-0.39, 0.29) is 12.5 Å². The van der Waals surface area contributed by atoms with Crippen molar-refractivity contribution >= 4 is 23.3 Å². The molecule has 0 radical (unpaired) electrons. The lowest BCUT2D eigenvalue weighted by atomic mass is 10.0. The van der Waals surface area contributed by atoms with Crippen LogP contribution >= 0.6 is 11.5 Å². The van der Waals surface area contributed by atoms with Gasteiger partial charge in [0.1, 0.15) is 16.3 Å². The van der Waals surface area contributed by atoms with Crippen LogP contribution in [0.25, 0.3) is 0 Å². The van der Waals surface area contributed by atoms with Crippen molar-refractivity contribution in [1.82, 2.24) is 19.9 Å². The topological polar surface area (TPSA) is 91.2 Å². The second kappa shape index (κ2) is 7.23. The van der Waals surface area contributed by atoms with Gasteiger partial charge in [0, 0.05) is 25.8 Å². The summed E-state index contributed by atoms with van der Waals surface area (Å²) < 4.78 is 3.86. The van der Waals surface area contributed by atoms with E-state index in [9.17, 15) is 9.90 Å². The number of carbonyl (C=O) groups excluding carboxylic acids is 1. The Morgan fingerprint density at radius 2 is 2.38 bits per heavy atom. The lowest BCUT2D eigenvalue weighted by Gasteiger charge is -2.24. The Labute approximate surface area is 144 Å². The molecular formula is C16H21N5O2S. The van der Waals surface area contributed by atoms with Gasteiger partial charge >= 0.3 is 0 Å². The molecule has 2 N–H and O–H groups in total. The van der Waals surface area contributed by atoms with Crippen LogP contribution in [0.4, 0.5) is 5.82 Å². The Hall–Kier alpha value is -2.06. The van der Waals surface area contributed by atoms with Crippen molar-refractivity contribution in [3.8, 4) is 0 Å². The van der Waals surface area contributed by atoms with Crippen molar-refractivity contribution in [2.75, 3.05) is 24.5 Å². The third kappa shape index (κ3) is 3.70. The lowest BCUT2D eigenvalue weighted by molar-refractivity contribution is 0.0576. The van der Waals surface area contributed by atoms with Crippen LogP contribution in [-0.2, 0) is 6.42 Å². The molecule has 0 spiro atoms. The minimum absolute atomic E-state index is 0.207. The predicted octanol–water partition coefficient (Wildman–Crippen LogP) is 1.26. The van der Waals surface area contributed by atoms with Crippen LogP contribution in [0.5, 0.6) is 0 Å². The number of aliphatic hydroxyl groups is 1. The van der Waals surface area contributed by atoms with Crippen LogP contribution in [-0.4, -0.2) is 50.8 Å². The molecule has 1 atom stereocenters. The molecule has 0 saturated carbocycles. The molecule has 1 aliphatic rings. The minimum Gasteiger partial charge on any atom is -0.386 e. The number of rotatable bonds is 6. The molecule has 2 aromatic rings. The molecule has 128 valence electrons. The summed E-state index contributed by atoms with van der Waals surface area (Å²) in [5, 5.41) is 17.6. The predicted molar refractivity (Wildman–Crippen MR) is 92.3 cm³/mol. The number of nitrogens with one attached hydrogen (secondary N) is 1. The van der Waals surface area contributed by atoms with Crippen molar-refractivity contribution in [1.29, 1.82) is 0 Å². The van der Waals surface area contributed by atoms with E-state index in [0.717, 1.165) is 35.9 Å². The second-order valence-electron chi connectivity index (χ2n) is 6.07.